The van der Waals surface area contributed by atoms with Gasteiger partial charge in [-0.05, 0) is 68.3 Å². The first-order valence-electron chi connectivity index (χ1n) is 15.6. The van der Waals surface area contributed by atoms with E-state index in [2.05, 4.69) is 25.6 Å². The molecule has 43 heavy (non-hydrogen) atoms. The van der Waals surface area contributed by atoms with Gasteiger partial charge in [0.1, 0.15) is 17.6 Å². The lowest BCUT2D eigenvalue weighted by molar-refractivity contribution is -0.265. The summed E-state index contributed by atoms with van der Waals surface area (Å²) >= 11 is 0. The molecule has 3 amide bonds. The van der Waals surface area contributed by atoms with Gasteiger partial charge in [-0.1, -0.05) is 11.2 Å². The van der Waals surface area contributed by atoms with E-state index in [1.807, 2.05) is 0 Å². The fourth-order valence-electron chi connectivity index (χ4n) is 4.82. The molecule has 6 rings (SSSR count). The molecule has 3 N–H and O–H groups in total. The maximum Gasteiger partial charge on any atom is 0.416 e. The highest BCUT2D eigenvalue weighted by Crippen LogP contribution is 2.46. The molecule has 3 aliphatic rings. The van der Waals surface area contributed by atoms with Gasteiger partial charge in [-0.3, -0.25) is 4.79 Å². The number of hydrogen-bond donors (Lipinski definition) is 3. The molecule has 0 spiro atoms. The molecule has 1 aromatic carbocycles. The summed E-state index contributed by atoms with van der Waals surface area (Å²) in [6.07, 6.45) is -2.26. The second-order valence-electron chi connectivity index (χ2n) is 11.4. The van der Waals surface area contributed by atoms with E-state index in [1.54, 1.807) is 5.32 Å². The molecule has 3 heterocycles. The Morgan fingerprint density at radius 3 is 2.67 bits per heavy atom. The van der Waals surface area contributed by atoms with Crippen LogP contribution >= 0.6 is 0 Å². The van der Waals surface area contributed by atoms with Gasteiger partial charge < -0.3 is 25.3 Å². The number of rotatable bonds is 10. The molecule has 16 heteroatoms. The molecule has 232 valence electrons. The van der Waals surface area contributed by atoms with Crippen LogP contribution in [-0.4, -0.2) is 74.4 Å². The van der Waals surface area contributed by atoms with Crippen LogP contribution < -0.4 is 10.6 Å². The number of H-pyrrole nitrogens is 1. The molecule has 1 aliphatic heterocycles. The van der Waals surface area contributed by atoms with Gasteiger partial charge in [0.25, 0.3) is 11.8 Å². The second kappa shape index (κ2) is 10.4. The van der Waals surface area contributed by atoms with Crippen LogP contribution in [0.15, 0.2) is 22.8 Å². The van der Waals surface area contributed by atoms with Crippen LogP contribution in [0.1, 0.15) is 90.6 Å². The second-order valence-corrected chi connectivity index (χ2v) is 11.4. The highest BCUT2D eigenvalue weighted by molar-refractivity contribution is 5.93. The molecule has 2 saturated carbocycles. The average Bonchev–Trinajstić information content (AvgIpc) is 3.89. The Morgan fingerprint density at radius 2 is 2.00 bits per heavy atom. The quantitative estimate of drug-likeness (QED) is 0.280. The van der Waals surface area contributed by atoms with Crippen LogP contribution in [-0.2, 0) is 4.74 Å². The minimum atomic E-state index is -4.75. The van der Waals surface area contributed by atoms with Gasteiger partial charge in [0, 0.05) is 5.92 Å². The maximum atomic E-state index is 15.0. The number of ether oxygens (including phenoxy) is 1. The fraction of sp³-hybridized carbons (Fsp3) is 0.593. The topological polar surface area (TPSA) is 138 Å². The van der Waals surface area contributed by atoms with Crippen molar-refractivity contribution < 1.29 is 46.4 Å². The van der Waals surface area contributed by atoms with Crippen molar-refractivity contribution in [1.29, 1.82) is 0 Å². The number of carbonyl (C=O) groups excluding carboxylic acids is 2. The summed E-state index contributed by atoms with van der Waals surface area (Å²) in [6, 6.07) is 0.460. The largest absolute Gasteiger partial charge is 0.416 e. The lowest BCUT2D eigenvalue weighted by Gasteiger charge is -2.38. The summed E-state index contributed by atoms with van der Waals surface area (Å²) in [5.41, 5.74) is -1.70. The number of fused-ring (bicyclic) bond motifs is 1. The minimum Gasteiger partial charge on any atom is -0.364 e. The first-order valence-corrected chi connectivity index (χ1v) is 13.6. The molecular formula is C27H30F5N7O4. The number of amides is 3. The minimum absolute atomic E-state index is 0.0263. The van der Waals surface area contributed by atoms with E-state index in [9.17, 15) is 22.8 Å². The average molecular weight is 616 g/mol. The van der Waals surface area contributed by atoms with Crippen LogP contribution in [0, 0.1) is 5.92 Å². The van der Waals surface area contributed by atoms with E-state index in [0.29, 0.717) is 23.4 Å². The lowest BCUT2D eigenvalue weighted by atomic mass is 9.99. The SMILES string of the molecule is [2H]C1([2H])NC(=O)N([C@@H](c2ccc3nc([C@H](COC(C)(C)C(F)(F)F)NC(=O)c4nonc4C4CC4)[nH]c3c2)C2CC2)C([2H])([2H])C1(F)F. The number of hydrogen-bond acceptors (Lipinski definition) is 7. The van der Waals surface area contributed by atoms with Crippen LogP contribution in [0.2, 0.25) is 0 Å². The van der Waals surface area contributed by atoms with Crippen molar-refractivity contribution in [3.8, 4) is 0 Å². The van der Waals surface area contributed by atoms with Gasteiger partial charge in [-0.25, -0.2) is 23.2 Å². The summed E-state index contributed by atoms with van der Waals surface area (Å²) in [6.45, 7) is -6.40. The van der Waals surface area contributed by atoms with E-state index in [4.69, 9.17) is 14.8 Å². The normalized spacial score (nSPS) is 24.3. The van der Waals surface area contributed by atoms with Crippen LogP contribution in [0.3, 0.4) is 0 Å². The summed E-state index contributed by atoms with van der Waals surface area (Å²) in [7, 11) is 0. The van der Waals surface area contributed by atoms with Gasteiger partial charge in [-0.15, -0.1) is 0 Å². The Kier molecular flexibility index (Phi) is 5.96. The highest BCUT2D eigenvalue weighted by Gasteiger charge is 2.49. The van der Waals surface area contributed by atoms with Gasteiger partial charge in [-0.2, -0.15) is 13.2 Å². The van der Waals surface area contributed by atoms with Crippen molar-refractivity contribution in [2.24, 2.45) is 5.92 Å². The molecule has 2 aromatic heterocycles. The lowest BCUT2D eigenvalue weighted by Crippen LogP contribution is -2.58. The molecular weight excluding hydrogens is 581 g/mol. The summed E-state index contributed by atoms with van der Waals surface area (Å²) in [5.74, 6) is -5.89. The molecule has 2 atom stereocenters. The highest BCUT2D eigenvalue weighted by atomic mass is 19.4. The monoisotopic (exact) mass is 615 g/mol. The standard InChI is InChI=1S/C27H30F5N7O4/c1-25(2,27(30,31)32)42-10-18(36-23(40)20-19(13-3-4-13)37-43-38-20)22-34-16-8-7-15(9-17(16)35-22)21(14-5-6-14)39-12-26(28,29)11-33-24(39)41/h7-9,13-14,18,21H,3-6,10-12H2,1-2H3,(H,33,41)(H,34,35)(H,36,40)/t18-,21+/m0/s1/i11D2,12D2. The first kappa shape index (κ1) is 24.6. The van der Waals surface area contributed by atoms with Crippen molar-refractivity contribution >= 4 is 23.0 Å². The zero-order valence-electron chi connectivity index (χ0n) is 26.9. The van der Waals surface area contributed by atoms with Gasteiger partial charge in [0.15, 0.2) is 11.3 Å². The maximum absolute atomic E-state index is 15.0. The predicted molar refractivity (Wildman–Crippen MR) is 139 cm³/mol. The van der Waals surface area contributed by atoms with Gasteiger partial charge in [0.05, 0.1) is 42.2 Å². The predicted octanol–water partition coefficient (Wildman–Crippen LogP) is 4.76. The zero-order valence-corrected chi connectivity index (χ0v) is 22.9. The number of benzene rings is 1. The molecule has 0 radical (unpaired) electrons. The summed E-state index contributed by atoms with van der Waals surface area (Å²) in [5, 5.41) is 11.6. The van der Waals surface area contributed by atoms with Crippen LogP contribution in [0.5, 0.6) is 0 Å². The number of urea groups is 1. The Bertz CT molecular complexity index is 1710. The Hall–Kier alpha value is -3.82. The fourth-order valence-corrected chi connectivity index (χ4v) is 4.82. The first-order chi connectivity index (χ1) is 21.7. The van der Waals surface area contributed by atoms with Crippen molar-refractivity contribution in [3.05, 3.63) is 41.0 Å². The number of nitrogens with zero attached hydrogens (tertiary/aromatic N) is 4. The third kappa shape index (κ3) is 6.01. The third-order valence-electron chi connectivity index (χ3n) is 7.64. The molecule has 3 aromatic rings. The van der Waals surface area contributed by atoms with Crippen molar-refractivity contribution in [2.45, 2.75) is 75.2 Å². The van der Waals surface area contributed by atoms with Crippen molar-refractivity contribution in [2.75, 3.05) is 19.6 Å². The number of imidazole rings is 1. The van der Waals surface area contributed by atoms with Crippen LogP contribution in [0.25, 0.3) is 11.0 Å². The van der Waals surface area contributed by atoms with Crippen molar-refractivity contribution in [1.82, 2.24) is 35.8 Å². The third-order valence-corrected chi connectivity index (χ3v) is 7.64. The summed E-state index contributed by atoms with van der Waals surface area (Å²) in [4.78, 5) is 33.8. The molecule has 2 aliphatic carbocycles. The smallest absolute Gasteiger partial charge is 0.364 e. The van der Waals surface area contributed by atoms with Gasteiger partial charge in [0.2, 0.25) is 0 Å². The number of alkyl halides is 5. The van der Waals surface area contributed by atoms with E-state index < -0.39 is 67.2 Å². The molecule has 1 saturated heterocycles. The Morgan fingerprint density at radius 1 is 1.26 bits per heavy atom. The molecule has 0 unspecified atom stereocenters. The van der Waals surface area contributed by atoms with E-state index >= 15 is 8.78 Å². The summed E-state index contributed by atoms with van der Waals surface area (Å²) < 4.78 is 112. The number of aromatic nitrogens is 4. The Balaban J connectivity index is 1.33. The number of carbonyl (C=O) groups is 2. The number of nitrogens with one attached hydrogen (secondary N) is 3. The molecule has 3 fully saturated rings. The van der Waals surface area contributed by atoms with Crippen LogP contribution in [0.4, 0.5) is 26.7 Å². The van der Waals surface area contributed by atoms with E-state index in [1.165, 1.54) is 18.2 Å². The zero-order chi connectivity index (χ0) is 34.3. The number of aromatic amines is 1. The van der Waals surface area contributed by atoms with E-state index in [-0.39, 0.29) is 34.0 Å². The van der Waals surface area contributed by atoms with Gasteiger partial charge >= 0.3 is 12.2 Å². The molecule has 11 nitrogen and oxygen atoms in total. The Labute approximate surface area is 247 Å². The van der Waals surface area contributed by atoms with Crippen molar-refractivity contribution in [3.63, 3.8) is 0 Å². The molecule has 0 bridgehead atoms. The number of halogens is 5. The van der Waals surface area contributed by atoms with E-state index in [0.717, 1.165) is 26.7 Å².